The minimum atomic E-state index is -0.158. The van der Waals surface area contributed by atoms with Crippen LogP contribution in [-0.4, -0.2) is 59.9 Å². The number of hydrogen-bond acceptors (Lipinski definition) is 4. The van der Waals surface area contributed by atoms with Gasteiger partial charge in [-0.1, -0.05) is 41.9 Å². The number of anilines is 1. The number of halogens is 1. The van der Waals surface area contributed by atoms with Crippen LogP contribution in [0.2, 0.25) is 5.02 Å². The van der Waals surface area contributed by atoms with Gasteiger partial charge in [-0.2, -0.15) is 5.10 Å². The highest BCUT2D eigenvalue weighted by atomic mass is 35.5. The summed E-state index contributed by atoms with van der Waals surface area (Å²) in [5.74, 6) is -0.158. The fourth-order valence-corrected chi connectivity index (χ4v) is 3.90. The van der Waals surface area contributed by atoms with Crippen LogP contribution in [0.5, 0.6) is 0 Å². The third-order valence-electron chi connectivity index (χ3n) is 5.35. The minimum absolute atomic E-state index is 0.158. The van der Waals surface area contributed by atoms with Gasteiger partial charge < -0.3 is 10.2 Å². The summed E-state index contributed by atoms with van der Waals surface area (Å²) in [5.41, 5.74) is 2.44. The number of aromatic nitrogens is 2. The third kappa shape index (κ3) is 5.01. The number of amides is 1. The molecule has 1 aliphatic heterocycles. The number of carbonyl (C=O) groups excluding carboxylic acids is 1. The fourth-order valence-electron chi connectivity index (χ4n) is 3.68. The molecule has 2 aromatic carbocycles. The van der Waals surface area contributed by atoms with Crippen LogP contribution in [0.4, 0.5) is 5.69 Å². The standard InChI is InChI=1S/C23H26ClN5O/c24-20-9-4-5-10-22(20)29-14-11-21(26-29)23(30)25-12-6-13-27-15-17-28(18-16-27)19-7-2-1-3-8-19/h1-5,7-11,14H,6,12-13,15-18H2,(H,25,30). The average Bonchev–Trinajstić information content (AvgIpc) is 3.28. The van der Waals surface area contributed by atoms with Gasteiger partial charge in [0, 0.05) is 44.6 Å². The van der Waals surface area contributed by atoms with Gasteiger partial charge in [0.25, 0.3) is 5.91 Å². The lowest BCUT2D eigenvalue weighted by Gasteiger charge is -2.36. The number of carbonyl (C=O) groups is 1. The Morgan fingerprint density at radius 1 is 0.967 bits per heavy atom. The quantitative estimate of drug-likeness (QED) is 0.591. The van der Waals surface area contributed by atoms with E-state index in [4.69, 9.17) is 11.6 Å². The molecule has 0 aliphatic carbocycles. The number of hydrogen-bond donors (Lipinski definition) is 1. The zero-order chi connectivity index (χ0) is 20.8. The molecule has 1 N–H and O–H groups in total. The molecular formula is C23H26ClN5O. The molecule has 4 rings (SSSR count). The van der Waals surface area contributed by atoms with Crippen molar-refractivity contribution in [2.24, 2.45) is 0 Å². The summed E-state index contributed by atoms with van der Waals surface area (Å²) < 4.78 is 1.63. The van der Waals surface area contributed by atoms with E-state index in [-0.39, 0.29) is 5.91 Å². The maximum atomic E-state index is 12.4. The van der Waals surface area contributed by atoms with E-state index in [1.165, 1.54) is 5.69 Å². The van der Waals surface area contributed by atoms with Gasteiger partial charge in [-0.3, -0.25) is 9.69 Å². The van der Waals surface area contributed by atoms with Crippen LogP contribution in [-0.2, 0) is 0 Å². The Morgan fingerprint density at radius 3 is 2.47 bits per heavy atom. The topological polar surface area (TPSA) is 53.4 Å². The van der Waals surface area contributed by atoms with E-state index in [2.05, 4.69) is 50.5 Å². The lowest BCUT2D eigenvalue weighted by atomic mass is 10.2. The van der Waals surface area contributed by atoms with Crippen LogP contribution < -0.4 is 10.2 Å². The van der Waals surface area contributed by atoms with Crippen LogP contribution >= 0.6 is 11.6 Å². The summed E-state index contributed by atoms with van der Waals surface area (Å²) in [7, 11) is 0. The molecule has 1 amide bonds. The fraction of sp³-hybridized carbons (Fsp3) is 0.304. The predicted octanol–water partition coefficient (Wildman–Crippen LogP) is 3.47. The Bertz CT molecular complexity index is 966. The average molecular weight is 424 g/mol. The number of nitrogens with zero attached hydrogens (tertiary/aromatic N) is 4. The second-order valence-corrected chi connectivity index (χ2v) is 7.78. The number of piperazine rings is 1. The summed E-state index contributed by atoms with van der Waals surface area (Å²) in [5, 5.41) is 7.92. The van der Waals surface area contributed by atoms with E-state index in [1.807, 2.05) is 18.2 Å². The van der Waals surface area contributed by atoms with Crippen molar-refractivity contribution in [1.82, 2.24) is 20.0 Å². The predicted molar refractivity (Wildman–Crippen MR) is 121 cm³/mol. The van der Waals surface area contributed by atoms with Gasteiger partial charge in [-0.05, 0) is 43.3 Å². The second-order valence-electron chi connectivity index (χ2n) is 7.37. The van der Waals surface area contributed by atoms with Gasteiger partial charge in [0.2, 0.25) is 0 Å². The zero-order valence-electron chi connectivity index (χ0n) is 16.9. The monoisotopic (exact) mass is 423 g/mol. The molecule has 3 aromatic rings. The summed E-state index contributed by atoms with van der Waals surface area (Å²) in [6, 6.07) is 19.7. The SMILES string of the molecule is O=C(NCCCN1CCN(c2ccccc2)CC1)c1ccn(-c2ccccc2Cl)n1. The van der Waals surface area contributed by atoms with Crippen molar-refractivity contribution < 1.29 is 4.79 Å². The molecule has 0 bridgehead atoms. The van der Waals surface area contributed by atoms with Crippen LogP contribution in [0.15, 0.2) is 66.9 Å². The minimum Gasteiger partial charge on any atom is -0.369 e. The molecule has 0 saturated carbocycles. The number of benzene rings is 2. The molecule has 156 valence electrons. The molecule has 2 heterocycles. The summed E-state index contributed by atoms with van der Waals surface area (Å²) in [6.45, 7) is 5.79. The molecule has 1 aromatic heterocycles. The van der Waals surface area contributed by atoms with E-state index < -0.39 is 0 Å². The van der Waals surface area contributed by atoms with Crippen molar-refractivity contribution in [2.45, 2.75) is 6.42 Å². The molecule has 30 heavy (non-hydrogen) atoms. The van der Waals surface area contributed by atoms with Gasteiger partial charge in [0.15, 0.2) is 5.69 Å². The summed E-state index contributed by atoms with van der Waals surface area (Å²) in [6.07, 6.45) is 2.67. The molecule has 0 radical (unpaired) electrons. The van der Waals surface area contributed by atoms with Crippen molar-refractivity contribution in [3.05, 3.63) is 77.6 Å². The van der Waals surface area contributed by atoms with Crippen molar-refractivity contribution >= 4 is 23.2 Å². The Labute approximate surface area is 182 Å². The first-order chi connectivity index (χ1) is 14.7. The first-order valence-corrected chi connectivity index (χ1v) is 10.7. The molecule has 1 aliphatic rings. The van der Waals surface area contributed by atoms with E-state index in [0.29, 0.717) is 17.3 Å². The van der Waals surface area contributed by atoms with Crippen molar-refractivity contribution in [1.29, 1.82) is 0 Å². The van der Waals surface area contributed by atoms with E-state index in [0.717, 1.165) is 44.8 Å². The maximum Gasteiger partial charge on any atom is 0.271 e. The summed E-state index contributed by atoms with van der Waals surface area (Å²) in [4.78, 5) is 17.3. The van der Waals surface area contributed by atoms with E-state index in [1.54, 1.807) is 23.0 Å². The lowest BCUT2D eigenvalue weighted by molar-refractivity contribution is 0.0946. The molecular weight excluding hydrogens is 398 g/mol. The van der Waals surface area contributed by atoms with Crippen molar-refractivity contribution in [2.75, 3.05) is 44.2 Å². The highest BCUT2D eigenvalue weighted by Gasteiger charge is 2.17. The maximum absolute atomic E-state index is 12.4. The number of rotatable bonds is 7. The molecule has 0 unspecified atom stereocenters. The van der Waals surface area contributed by atoms with Crippen LogP contribution in [0, 0.1) is 0 Å². The third-order valence-corrected chi connectivity index (χ3v) is 5.67. The molecule has 0 spiro atoms. The van der Waals surface area contributed by atoms with E-state index >= 15 is 0 Å². The van der Waals surface area contributed by atoms with Gasteiger partial charge in [-0.15, -0.1) is 0 Å². The van der Waals surface area contributed by atoms with Crippen molar-refractivity contribution in [3.8, 4) is 5.69 Å². The van der Waals surface area contributed by atoms with Crippen LogP contribution in [0.25, 0.3) is 5.69 Å². The normalized spacial score (nSPS) is 14.6. The molecule has 1 saturated heterocycles. The van der Waals surface area contributed by atoms with Crippen molar-refractivity contribution in [3.63, 3.8) is 0 Å². The molecule has 1 fully saturated rings. The van der Waals surface area contributed by atoms with Crippen LogP contribution in [0.3, 0.4) is 0 Å². The molecule has 0 atom stereocenters. The number of nitrogens with one attached hydrogen (secondary N) is 1. The van der Waals surface area contributed by atoms with Gasteiger partial charge >= 0.3 is 0 Å². The highest BCUT2D eigenvalue weighted by Crippen LogP contribution is 2.19. The Kier molecular flexibility index (Phi) is 6.67. The number of para-hydroxylation sites is 2. The van der Waals surface area contributed by atoms with E-state index in [9.17, 15) is 4.79 Å². The van der Waals surface area contributed by atoms with Gasteiger partial charge in [-0.25, -0.2) is 4.68 Å². The first-order valence-electron chi connectivity index (χ1n) is 10.3. The second kappa shape index (κ2) is 9.78. The zero-order valence-corrected chi connectivity index (χ0v) is 17.6. The lowest BCUT2D eigenvalue weighted by Crippen LogP contribution is -2.47. The smallest absolute Gasteiger partial charge is 0.271 e. The van der Waals surface area contributed by atoms with Gasteiger partial charge in [0.05, 0.1) is 10.7 Å². The molecule has 7 heteroatoms. The van der Waals surface area contributed by atoms with Gasteiger partial charge in [0.1, 0.15) is 0 Å². The Balaban J connectivity index is 1.19. The highest BCUT2D eigenvalue weighted by molar-refractivity contribution is 6.32. The largest absolute Gasteiger partial charge is 0.369 e. The Hall–Kier alpha value is -2.83. The summed E-state index contributed by atoms with van der Waals surface area (Å²) >= 11 is 6.20. The molecule has 6 nitrogen and oxygen atoms in total. The Morgan fingerprint density at radius 2 is 1.70 bits per heavy atom. The van der Waals surface area contributed by atoms with Crippen LogP contribution in [0.1, 0.15) is 16.9 Å². The first kappa shape index (κ1) is 20.4.